The lowest BCUT2D eigenvalue weighted by atomic mass is 10.2. The highest BCUT2D eigenvalue weighted by Crippen LogP contribution is 2.28. The number of fused-ring (bicyclic) bond motifs is 1. The molecule has 20 heavy (non-hydrogen) atoms. The summed E-state index contributed by atoms with van der Waals surface area (Å²) >= 11 is 4.66. The summed E-state index contributed by atoms with van der Waals surface area (Å²) in [5.74, 6) is -0.490. The van der Waals surface area contributed by atoms with Gasteiger partial charge in [0.15, 0.2) is 0 Å². The molecule has 1 aromatic heterocycles. The van der Waals surface area contributed by atoms with E-state index in [-0.39, 0.29) is 11.7 Å². The van der Waals surface area contributed by atoms with E-state index in [4.69, 9.17) is 0 Å². The number of para-hydroxylation sites is 1. The number of hydrogen-bond donors (Lipinski definition) is 1. The van der Waals surface area contributed by atoms with Crippen molar-refractivity contribution in [3.8, 4) is 0 Å². The first kappa shape index (κ1) is 13.3. The van der Waals surface area contributed by atoms with E-state index in [2.05, 4.69) is 21.2 Å². The third-order valence-electron chi connectivity index (χ3n) is 2.83. The van der Waals surface area contributed by atoms with Crippen LogP contribution < -0.4 is 5.32 Å². The van der Waals surface area contributed by atoms with Crippen molar-refractivity contribution in [2.45, 2.75) is 0 Å². The molecular weight excluding hydrogens is 341 g/mol. The Morgan fingerprint density at radius 2 is 1.95 bits per heavy atom. The molecule has 0 spiro atoms. The van der Waals surface area contributed by atoms with E-state index >= 15 is 0 Å². The second-order valence-corrected chi connectivity index (χ2v) is 6.16. The van der Waals surface area contributed by atoms with Crippen LogP contribution in [0.15, 0.2) is 53.0 Å². The second kappa shape index (κ2) is 5.34. The largest absolute Gasteiger partial charge is 0.320 e. The van der Waals surface area contributed by atoms with Gasteiger partial charge in [-0.2, -0.15) is 0 Å². The molecule has 0 unspecified atom stereocenters. The minimum absolute atomic E-state index is 0.196. The zero-order valence-corrected chi connectivity index (χ0v) is 12.6. The number of benzene rings is 2. The van der Waals surface area contributed by atoms with Gasteiger partial charge in [-0.05, 0) is 51.6 Å². The summed E-state index contributed by atoms with van der Waals surface area (Å²) in [4.78, 5) is 12.8. The Morgan fingerprint density at radius 1 is 1.15 bits per heavy atom. The monoisotopic (exact) mass is 349 g/mol. The standard InChI is InChI=1S/C15H9BrFNOS/c16-11-3-1-2-4-12(11)18-15(19)14-7-9-5-6-10(17)8-13(9)20-14/h1-8H,(H,18,19). The lowest BCUT2D eigenvalue weighted by Gasteiger charge is -2.05. The Labute approximate surface area is 127 Å². The minimum Gasteiger partial charge on any atom is -0.320 e. The fourth-order valence-electron chi connectivity index (χ4n) is 1.86. The first-order chi connectivity index (χ1) is 9.63. The van der Waals surface area contributed by atoms with Crippen molar-refractivity contribution in [1.82, 2.24) is 0 Å². The van der Waals surface area contributed by atoms with Crippen molar-refractivity contribution in [1.29, 1.82) is 0 Å². The third kappa shape index (κ3) is 2.59. The lowest BCUT2D eigenvalue weighted by Crippen LogP contribution is -2.10. The van der Waals surface area contributed by atoms with Gasteiger partial charge in [0.2, 0.25) is 0 Å². The topological polar surface area (TPSA) is 29.1 Å². The van der Waals surface area contributed by atoms with Crippen molar-refractivity contribution in [3.63, 3.8) is 0 Å². The molecule has 0 atom stereocenters. The van der Waals surface area contributed by atoms with Gasteiger partial charge in [0.25, 0.3) is 5.91 Å². The average Bonchev–Trinajstić information content (AvgIpc) is 2.84. The molecule has 1 heterocycles. The van der Waals surface area contributed by atoms with E-state index in [1.807, 2.05) is 24.3 Å². The molecule has 0 aliphatic heterocycles. The number of rotatable bonds is 2. The molecule has 100 valence electrons. The molecule has 1 N–H and O–H groups in total. The highest BCUT2D eigenvalue weighted by Gasteiger charge is 2.12. The Hall–Kier alpha value is -1.72. The number of thiophene rings is 1. The number of amides is 1. The average molecular weight is 350 g/mol. The van der Waals surface area contributed by atoms with Crippen LogP contribution in [0.4, 0.5) is 10.1 Å². The molecule has 0 saturated heterocycles. The summed E-state index contributed by atoms with van der Waals surface area (Å²) in [6.07, 6.45) is 0. The summed E-state index contributed by atoms with van der Waals surface area (Å²) in [6, 6.07) is 13.7. The molecule has 0 aliphatic carbocycles. The molecule has 3 aromatic rings. The molecule has 0 saturated carbocycles. The number of halogens is 2. The maximum atomic E-state index is 13.1. The van der Waals surface area contributed by atoms with Gasteiger partial charge >= 0.3 is 0 Å². The van der Waals surface area contributed by atoms with Crippen LogP contribution in [-0.2, 0) is 0 Å². The normalized spacial score (nSPS) is 10.7. The van der Waals surface area contributed by atoms with Gasteiger partial charge in [-0.25, -0.2) is 4.39 Å². The van der Waals surface area contributed by atoms with Crippen molar-refractivity contribution in [3.05, 3.63) is 63.7 Å². The molecule has 0 aliphatic rings. The predicted octanol–water partition coefficient (Wildman–Crippen LogP) is 5.06. The Bertz CT molecular complexity index is 799. The van der Waals surface area contributed by atoms with Crippen LogP contribution in [0.1, 0.15) is 9.67 Å². The van der Waals surface area contributed by atoms with E-state index in [1.165, 1.54) is 23.5 Å². The summed E-state index contributed by atoms with van der Waals surface area (Å²) in [6.45, 7) is 0. The van der Waals surface area contributed by atoms with Gasteiger partial charge in [-0.15, -0.1) is 11.3 Å². The van der Waals surface area contributed by atoms with Crippen LogP contribution in [0.2, 0.25) is 0 Å². The lowest BCUT2D eigenvalue weighted by molar-refractivity contribution is 0.103. The molecule has 0 fully saturated rings. The Morgan fingerprint density at radius 3 is 2.75 bits per heavy atom. The molecule has 0 radical (unpaired) electrons. The van der Waals surface area contributed by atoms with Gasteiger partial charge in [0.1, 0.15) is 5.82 Å². The number of carbonyl (C=O) groups is 1. The number of nitrogens with one attached hydrogen (secondary N) is 1. The Kier molecular flexibility index (Phi) is 3.54. The second-order valence-electron chi connectivity index (χ2n) is 4.23. The van der Waals surface area contributed by atoms with Gasteiger partial charge < -0.3 is 5.32 Å². The van der Waals surface area contributed by atoms with Crippen LogP contribution in [-0.4, -0.2) is 5.91 Å². The number of carbonyl (C=O) groups excluding carboxylic acids is 1. The van der Waals surface area contributed by atoms with E-state index in [1.54, 1.807) is 12.1 Å². The van der Waals surface area contributed by atoms with E-state index in [9.17, 15) is 9.18 Å². The van der Waals surface area contributed by atoms with Gasteiger partial charge in [-0.3, -0.25) is 4.79 Å². The van der Waals surface area contributed by atoms with E-state index in [0.29, 0.717) is 10.6 Å². The first-order valence-electron chi connectivity index (χ1n) is 5.88. The summed E-state index contributed by atoms with van der Waals surface area (Å²) in [5.41, 5.74) is 0.709. The Balaban J connectivity index is 1.91. The predicted molar refractivity (Wildman–Crippen MR) is 83.9 cm³/mol. The maximum absolute atomic E-state index is 13.1. The summed E-state index contributed by atoms with van der Waals surface area (Å²) in [7, 11) is 0. The van der Waals surface area contributed by atoms with Crippen molar-refractivity contribution in [2.24, 2.45) is 0 Å². The summed E-state index contributed by atoms with van der Waals surface area (Å²) in [5, 5.41) is 3.70. The van der Waals surface area contributed by atoms with Gasteiger partial charge in [-0.1, -0.05) is 18.2 Å². The molecule has 2 aromatic carbocycles. The first-order valence-corrected chi connectivity index (χ1v) is 7.49. The molecule has 0 bridgehead atoms. The zero-order valence-electron chi connectivity index (χ0n) is 10.2. The SMILES string of the molecule is O=C(Nc1ccccc1Br)c1cc2ccc(F)cc2s1. The maximum Gasteiger partial charge on any atom is 0.265 e. The van der Waals surface area contributed by atoms with Gasteiger partial charge in [0, 0.05) is 9.17 Å². The number of anilines is 1. The summed E-state index contributed by atoms with van der Waals surface area (Å²) < 4.78 is 14.7. The van der Waals surface area contributed by atoms with Crippen LogP contribution in [0, 0.1) is 5.82 Å². The van der Waals surface area contributed by atoms with Crippen LogP contribution in [0.25, 0.3) is 10.1 Å². The van der Waals surface area contributed by atoms with E-state index in [0.717, 1.165) is 14.6 Å². The fourth-order valence-corrected chi connectivity index (χ4v) is 3.23. The highest BCUT2D eigenvalue weighted by atomic mass is 79.9. The van der Waals surface area contributed by atoms with Crippen LogP contribution in [0.5, 0.6) is 0 Å². The molecule has 5 heteroatoms. The molecular formula is C15H9BrFNOS. The fraction of sp³-hybridized carbons (Fsp3) is 0. The third-order valence-corrected chi connectivity index (χ3v) is 4.62. The molecule has 3 rings (SSSR count). The van der Waals surface area contributed by atoms with Crippen LogP contribution >= 0.6 is 27.3 Å². The van der Waals surface area contributed by atoms with E-state index < -0.39 is 0 Å². The zero-order chi connectivity index (χ0) is 14.1. The van der Waals surface area contributed by atoms with Crippen molar-refractivity contribution >= 4 is 48.9 Å². The number of hydrogen-bond acceptors (Lipinski definition) is 2. The smallest absolute Gasteiger partial charge is 0.265 e. The van der Waals surface area contributed by atoms with Crippen molar-refractivity contribution in [2.75, 3.05) is 5.32 Å². The minimum atomic E-state index is -0.294. The quantitative estimate of drug-likeness (QED) is 0.688. The van der Waals surface area contributed by atoms with Crippen molar-refractivity contribution < 1.29 is 9.18 Å². The van der Waals surface area contributed by atoms with Gasteiger partial charge in [0.05, 0.1) is 10.6 Å². The van der Waals surface area contributed by atoms with Crippen LogP contribution in [0.3, 0.4) is 0 Å². The highest BCUT2D eigenvalue weighted by molar-refractivity contribution is 9.10. The molecule has 2 nitrogen and oxygen atoms in total. The molecule has 1 amide bonds.